The van der Waals surface area contributed by atoms with E-state index in [1.54, 1.807) is 19.2 Å². The van der Waals surface area contributed by atoms with E-state index in [1.807, 2.05) is 30.3 Å². The van der Waals surface area contributed by atoms with Gasteiger partial charge in [0.25, 0.3) is 17.2 Å². The number of aryl methyl sites for hydroxylation is 1. The lowest BCUT2D eigenvalue weighted by Crippen LogP contribution is -2.27. The van der Waals surface area contributed by atoms with Crippen LogP contribution in [-0.2, 0) is 12.8 Å². The summed E-state index contributed by atoms with van der Waals surface area (Å²) in [6.07, 6.45) is 4.19. The van der Waals surface area contributed by atoms with Gasteiger partial charge in [0.15, 0.2) is 5.16 Å². The van der Waals surface area contributed by atoms with Crippen molar-refractivity contribution in [3.05, 3.63) is 102 Å². The molecule has 2 N–H and O–H groups in total. The van der Waals surface area contributed by atoms with Crippen LogP contribution in [0.5, 0.6) is 0 Å². The van der Waals surface area contributed by atoms with E-state index in [-0.39, 0.29) is 22.6 Å². The lowest BCUT2D eigenvalue weighted by molar-refractivity contribution is -0.384. The number of carbonyl (C=O) groups is 1. The van der Waals surface area contributed by atoms with E-state index in [9.17, 15) is 19.7 Å². The highest BCUT2D eigenvalue weighted by atomic mass is 32.2. The molecule has 4 aromatic rings. The number of aromatic amines is 1. The number of para-hydroxylation sites is 1. The molecule has 0 saturated carbocycles. The van der Waals surface area contributed by atoms with Gasteiger partial charge in [0.2, 0.25) is 0 Å². The van der Waals surface area contributed by atoms with Gasteiger partial charge in [-0.3, -0.25) is 19.7 Å². The Morgan fingerprint density at radius 1 is 1.21 bits per heavy atom. The summed E-state index contributed by atoms with van der Waals surface area (Å²) in [5.41, 5.74) is 3.07. The first-order valence-electron chi connectivity index (χ1n) is 13.6. The molecule has 216 valence electrons. The minimum Gasteiger partial charge on any atom is -0.322 e. The molecule has 42 heavy (non-hydrogen) atoms. The fraction of sp³-hybridized carbons (Fsp3) is 0.290. The third-order valence-electron chi connectivity index (χ3n) is 7.31. The van der Waals surface area contributed by atoms with Crippen LogP contribution < -0.4 is 10.9 Å². The zero-order chi connectivity index (χ0) is 30.0. The lowest BCUT2D eigenvalue weighted by atomic mass is 9.72. The summed E-state index contributed by atoms with van der Waals surface area (Å²) in [6.45, 7) is 8.46. The summed E-state index contributed by atoms with van der Waals surface area (Å²) in [5, 5.41) is 15.5. The molecular formula is C31H31N5O4S2. The van der Waals surface area contributed by atoms with Gasteiger partial charge in [-0.15, -0.1) is 11.3 Å². The van der Waals surface area contributed by atoms with Crippen LogP contribution in [0.15, 0.2) is 74.4 Å². The highest BCUT2D eigenvalue weighted by Crippen LogP contribution is 2.45. The molecular weight excluding hydrogens is 571 g/mol. The number of non-ortho nitro benzene ring substituents is 1. The van der Waals surface area contributed by atoms with Crippen LogP contribution in [0.1, 0.15) is 59.2 Å². The molecule has 1 aliphatic rings. The van der Waals surface area contributed by atoms with Gasteiger partial charge in [-0.1, -0.05) is 50.7 Å². The number of hydrogen-bond acceptors (Lipinski definition) is 8. The maximum Gasteiger partial charge on any atom is 0.270 e. The number of H-pyrrole nitrogens is 1. The number of nitro benzene ring substituents is 1. The van der Waals surface area contributed by atoms with E-state index in [0.29, 0.717) is 43.5 Å². The number of rotatable bonds is 7. The van der Waals surface area contributed by atoms with Crippen molar-refractivity contribution >= 4 is 51.6 Å². The van der Waals surface area contributed by atoms with E-state index in [1.165, 1.54) is 41.3 Å². The first kappa shape index (κ1) is 29.4. The average Bonchev–Trinajstić information content (AvgIpc) is 3.29. The van der Waals surface area contributed by atoms with Crippen molar-refractivity contribution in [1.29, 1.82) is 0 Å². The molecule has 1 amide bonds. The summed E-state index contributed by atoms with van der Waals surface area (Å²) in [4.78, 5) is 50.4. The molecule has 1 atom stereocenters. The summed E-state index contributed by atoms with van der Waals surface area (Å²) in [5.74, 6) is 0.254. The number of benzene rings is 2. The van der Waals surface area contributed by atoms with Crippen molar-refractivity contribution in [3.63, 3.8) is 0 Å². The number of aliphatic imine (C=N–C) groups is 1. The lowest BCUT2D eigenvalue weighted by Gasteiger charge is -2.33. The van der Waals surface area contributed by atoms with Crippen molar-refractivity contribution in [2.24, 2.45) is 16.3 Å². The Kier molecular flexibility index (Phi) is 8.42. The maximum absolute atomic E-state index is 13.7. The molecule has 11 heteroatoms. The van der Waals surface area contributed by atoms with Crippen molar-refractivity contribution < 1.29 is 9.72 Å². The third kappa shape index (κ3) is 6.69. The van der Waals surface area contributed by atoms with Gasteiger partial charge in [0, 0.05) is 51.1 Å². The Morgan fingerprint density at radius 2 is 1.98 bits per heavy atom. The van der Waals surface area contributed by atoms with E-state index in [0.717, 1.165) is 29.7 Å². The van der Waals surface area contributed by atoms with Crippen LogP contribution >= 0.6 is 23.1 Å². The molecule has 2 heterocycles. The second-order valence-electron chi connectivity index (χ2n) is 11.3. The van der Waals surface area contributed by atoms with Crippen LogP contribution in [0.3, 0.4) is 0 Å². The number of nitro groups is 1. The topological polar surface area (TPSA) is 130 Å². The van der Waals surface area contributed by atoms with Crippen molar-refractivity contribution in [2.45, 2.75) is 57.0 Å². The number of aromatic nitrogens is 2. The highest BCUT2D eigenvalue weighted by molar-refractivity contribution is 7.99. The number of carbonyl (C=O) groups excluding carboxylic acids is 1. The van der Waals surface area contributed by atoms with Gasteiger partial charge >= 0.3 is 0 Å². The van der Waals surface area contributed by atoms with Crippen LogP contribution in [-0.4, -0.2) is 27.0 Å². The fourth-order valence-corrected chi connectivity index (χ4v) is 7.21. The van der Waals surface area contributed by atoms with Gasteiger partial charge in [0.05, 0.1) is 10.5 Å². The summed E-state index contributed by atoms with van der Waals surface area (Å²) in [6, 6.07) is 15.1. The zero-order valence-corrected chi connectivity index (χ0v) is 25.4. The number of thiophene rings is 1. The molecule has 1 aliphatic carbocycles. The summed E-state index contributed by atoms with van der Waals surface area (Å²) < 4.78 is 0. The molecule has 5 rings (SSSR count). The minimum absolute atomic E-state index is 0.0907. The molecule has 2 aromatic carbocycles. The zero-order valence-electron chi connectivity index (χ0n) is 23.8. The Balaban J connectivity index is 1.56. The summed E-state index contributed by atoms with van der Waals surface area (Å²) in [7, 11) is 0. The standard InChI is InChI=1S/C31H31N5O4S2/c1-18-14-26(37)35-30(33-18)42-24-13-11-22(36(39)40)15-19(24)17-32-29-27(28(38)34-21-8-6-5-7-9-21)23-12-10-20(31(2,3)4)16-25(23)41-29/h5-9,11,13-15,17,20H,10,12,16H2,1-4H3,(H,34,38)(H,33,35,37)/t20-/m1/s1. The second-order valence-corrected chi connectivity index (χ2v) is 13.5. The first-order chi connectivity index (χ1) is 20.0. The monoisotopic (exact) mass is 601 g/mol. The maximum atomic E-state index is 13.7. The van der Waals surface area contributed by atoms with Gasteiger partial charge in [-0.05, 0) is 61.3 Å². The fourth-order valence-electron chi connectivity index (χ4n) is 5.03. The molecule has 0 bridgehead atoms. The quantitative estimate of drug-likeness (QED) is 0.0985. The van der Waals surface area contributed by atoms with Gasteiger partial charge < -0.3 is 10.3 Å². The normalized spacial score (nSPS) is 15.0. The summed E-state index contributed by atoms with van der Waals surface area (Å²) >= 11 is 2.69. The molecule has 0 fully saturated rings. The number of nitrogens with one attached hydrogen (secondary N) is 2. The number of nitrogens with zero attached hydrogens (tertiary/aromatic N) is 3. The van der Waals surface area contributed by atoms with Gasteiger partial charge in [0.1, 0.15) is 5.00 Å². The Labute approximate surface area is 251 Å². The average molecular weight is 602 g/mol. The van der Waals surface area contributed by atoms with Crippen LogP contribution in [0, 0.1) is 28.4 Å². The third-order valence-corrected chi connectivity index (χ3v) is 9.45. The van der Waals surface area contributed by atoms with Crippen molar-refractivity contribution in [1.82, 2.24) is 9.97 Å². The Hall–Kier alpha value is -4.09. The van der Waals surface area contributed by atoms with Crippen molar-refractivity contribution in [3.8, 4) is 0 Å². The van der Waals surface area contributed by atoms with Gasteiger partial charge in [-0.25, -0.2) is 9.98 Å². The smallest absolute Gasteiger partial charge is 0.270 e. The van der Waals surface area contributed by atoms with Gasteiger partial charge in [-0.2, -0.15) is 0 Å². The second kappa shape index (κ2) is 12.0. The number of amides is 1. The van der Waals surface area contributed by atoms with E-state index < -0.39 is 4.92 Å². The van der Waals surface area contributed by atoms with Crippen molar-refractivity contribution in [2.75, 3.05) is 5.32 Å². The molecule has 9 nitrogen and oxygen atoms in total. The first-order valence-corrected chi connectivity index (χ1v) is 15.2. The molecule has 0 aliphatic heterocycles. The predicted octanol–water partition coefficient (Wildman–Crippen LogP) is 7.35. The largest absolute Gasteiger partial charge is 0.322 e. The minimum atomic E-state index is -0.464. The molecule has 0 radical (unpaired) electrons. The highest BCUT2D eigenvalue weighted by Gasteiger charge is 2.33. The molecule has 0 saturated heterocycles. The number of anilines is 1. The predicted molar refractivity (Wildman–Crippen MR) is 168 cm³/mol. The Morgan fingerprint density at radius 3 is 2.67 bits per heavy atom. The molecule has 2 aromatic heterocycles. The Bertz CT molecular complexity index is 1740. The number of hydrogen-bond donors (Lipinski definition) is 2. The SMILES string of the molecule is Cc1cc(=O)[nH]c(Sc2ccc([N+](=O)[O-])cc2C=Nc2sc3c(c2C(=O)Nc2ccccc2)CC[C@@H](C(C)(C)C)C3)n1. The number of fused-ring (bicyclic) bond motifs is 1. The molecule has 0 unspecified atom stereocenters. The molecule has 0 spiro atoms. The van der Waals surface area contributed by atoms with Crippen LogP contribution in [0.25, 0.3) is 0 Å². The van der Waals surface area contributed by atoms with Crippen LogP contribution in [0.2, 0.25) is 0 Å². The van der Waals surface area contributed by atoms with Crippen LogP contribution in [0.4, 0.5) is 16.4 Å². The van der Waals surface area contributed by atoms with E-state index in [2.05, 4.69) is 36.1 Å². The van der Waals surface area contributed by atoms with E-state index >= 15 is 0 Å². The van der Waals surface area contributed by atoms with E-state index in [4.69, 9.17) is 4.99 Å².